The third kappa shape index (κ3) is 4.98. The number of benzene rings is 2. The number of aromatic hydroxyl groups is 1. The van der Waals surface area contributed by atoms with Gasteiger partial charge in [-0.15, -0.1) is 11.3 Å². The van der Waals surface area contributed by atoms with Gasteiger partial charge in [0.05, 0.1) is 18.5 Å². The van der Waals surface area contributed by atoms with Gasteiger partial charge in [-0.25, -0.2) is 4.79 Å². The molecule has 0 fully saturated rings. The number of cyclic esters (lactones) is 1. The predicted octanol–water partition coefficient (Wildman–Crippen LogP) is 4.85. The van der Waals surface area contributed by atoms with Crippen LogP contribution >= 0.6 is 11.3 Å². The topological polar surface area (TPSA) is 100 Å². The van der Waals surface area contributed by atoms with Crippen LogP contribution < -0.4 is 10.1 Å². The molecule has 0 aliphatic carbocycles. The molecule has 1 aliphatic rings. The first-order valence-electron chi connectivity index (χ1n) is 10.4. The average molecular weight is 466 g/mol. The minimum absolute atomic E-state index is 0.0174. The molecule has 2 aromatic carbocycles. The number of carbonyl (C=O) groups excluding carboxylic acids is 2. The lowest BCUT2D eigenvalue weighted by Crippen LogP contribution is -2.41. The zero-order valence-electron chi connectivity index (χ0n) is 18.1. The van der Waals surface area contributed by atoms with E-state index in [2.05, 4.69) is 10.4 Å². The van der Waals surface area contributed by atoms with E-state index in [-0.39, 0.29) is 18.2 Å². The van der Waals surface area contributed by atoms with Gasteiger partial charge in [0, 0.05) is 11.3 Å². The molecule has 8 nitrogen and oxygen atoms in total. The molecule has 0 spiro atoms. The maximum atomic E-state index is 12.5. The molecule has 1 aromatic heterocycles. The van der Waals surface area contributed by atoms with Gasteiger partial charge in [-0.1, -0.05) is 25.1 Å². The molecule has 0 saturated carbocycles. The number of hydrazone groups is 1. The Balaban J connectivity index is 1.51. The fraction of sp³-hybridized carbons (Fsp3) is 0.208. The van der Waals surface area contributed by atoms with Crippen molar-refractivity contribution in [3.05, 3.63) is 76.0 Å². The Hall–Kier alpha value is -3.85. The minimum Gasteiger partial charge on any atom is -0.504 e. The number of rotatable bonds is 7. The van der Waals surface area contributed by atoms with Crippen molar-refractivity contribution in [2.75, 3.05) is 12.4 Å². The molecule has 4 rings (SSSR count). The van der Waals surface area contributed by atoms with Crippen LogP contribution in [0.4, 0.5) is 10.5 Å². The molecule has 170 valence electrons. The van der Waals surface area contributed by atoms with Crippen molar-refractivity contribution < 1.29 is 24.2 Å². The first-order chi connectivity index (χ1) is 16.0. The molecule has 0 bridgehead atoms. The number of phenols is 1. The summed E-state index contributed by atoms with van der Waals surface area (Å²) in [4.78, 5) is 25.4. The zero-order valence-corrected chi connectivity index (χ0v) is 19.0. The second-order valence-corrected chi connectivity index (χ2v) is 8.29. The number of anilines is 1. The lowest BCUT2D eigenvalue weighted by atomic mass is 10.0. The van der Waals surface area contributed by atoms with Crippen LogP contribution in [-0.2, 0) is 11.3 Å². The second-order valence-electron chi connectivity index (χ2n) is 7.34. The molecule has 1 aliphatic heterocycles. The van der Waals surface area contributed by atoms with E-state index in [0.717, 1.165) is 5.56 Å². The number of carbonyl (C=O) groups is 2. The summed E-state index contributed by atoms with van der Waals surface area (Å²) in [5.74, 6) is 0.166. The predicted molar refractivity (Wildman–Crippen MR) is 126 cm³/mol. The molecule has 0 radical (unpaired) electrons. The molecule has 3 aromatic rings. The number of hydrogen-bond donors (Lipinski definition) is 2. The second kappa shape index (κ2) is 9.74. The van der Waals surface area contributed by atoms with Crippen molar-refractivity contribution in [2.45, 2.75) is 26.0 Å². The Morgan fingerprint density at radius 1 is 1.24 bits per heavy atom. The summed E-state index contributed by atoms with van der Waals surface area (Å²) in [5, 5.41) is 20.6. The highest BCUT2D eigenvalue weighted by Crippen LogP contribution is 2.29. The van der Waals surface area contributed by atoms with E-state index in [1.807, 2.05) is 30.5 Å². The smallest absolute Gasteiger partial charge is 0.431 e. The summed E-state index contributed by atoms with van der Waals surface area (Å²) in [6.45, 7) is 2.09. The highest BCUT2D eigenvalue weighted by molar-refractivity contribution is 7.12. The van der Waals surface area contributed by atoms with E-state index in [0.29, 0.717) is 34.0 Å². The first-order valence-corrected chi connectivity index (χ1v) is 11.2. The van der Waals surface area contributed by atoms with Gasteiger partial charge in [0.1, 0.15) is 11.8 Å². The molecular weight excluding hydrogens is 442 g/mol. The van der Waals surface area contributed by atoms with E-state index in [1.165, 1.54) is 23.5 Å². The Kier molecular flexibility index (Phi) is 6.60. The van der Waals surface area contributed by atoms with Gasteiger partial charge in [-0.3, -0.25) is 4.79 Å². The molecule has 1 unspecified atom stereocenters. The van der Waals surface area contributed by atoms with Gasteiger partial charge in [0.2, 0.25) is 0 Å². The Bertz CT molecular complexity index is 1180. The highest BCUT2D eigenvalue weighted by Gasteiger charge is 2.31. The summed E-state index contributed by atoms with van der Waals surface area (Å²) < 4.78 is 10.7. The van der Waals surface area contributed by atoms with E-state index >= 15 is 0 Å². The Labute approximate surface area is 195 Å². The van der Waals surface area contributed by atoms with Crippen LogP contribution in [-0.4, -0.2) is 41.0 Å². The molecule has 33 heavy (non-hydrogen) atoms. The number of methoxy groups -OCH3 is 1. The fourth-order valence-corrected chi connectivity index (χ4v) is 4.03. The van der Waals surface area contributed by atoms with E-state index in [1.54, 1.807) is 36.4 Å². The minimum atomic E-state index is -0.543. The fourth-order valence-electron chi connectivity index (χ4n) is 3.41. The van der Waals surface area contributed by atoms with Crippen molar-refractivity contribution in [1.82, 2.24) is 5.01 Å². The van der Waals surface area contributed by atoms with E-state index in [4.69, 9.17) is 9.47 Å². The highest BCUT2D eigenvalue weighted by atomic mass is 32.1. The van der Waals surface area contributed by atoms with Gasteiger partial charge >= 0.3 is 6.09 Å². The van der Waals surface area contributed by atoms with Gasteiger partial charge in [-0.05, 0) is 53.8 Å². The van der Waals surface area contributed by atoms with Crippen molar-refractivity contribution >= 4 is 34.7 Å². The van der Waals surface area contributed by atoms with Crippen LogP contribution in [0.15, 0.2) is 65.1 Å². The summed E-state index contributed by atoms with van der Waals surface area (Å²) in [6.07, 6.45) is -0.515. The van der Waals surface area contributed by atoms with Gasteiger partial charge < -0.3 is 19.9 Å². The summed E-state index contributed by atoms with van der Waals surface area (Å²) >= 11 is 1.37. The van der Waals surface area contributed by atoms with Gasteiger partial charge in [0.25, 0.3) is 5.91 Å². The van der Waals surface area contributed by atoms with Crippen LogP contribution in [0.2, 0.25) is 0 Å². The molecule has 9 heteroatoms. The molecule has 2 N–H and O–H groups in total. The van der Waals surface area contributed by atoms with Crippen molar-refractivity contribution in [3.63, 3.8) is 0 Å². The first kappa shape index (κ1) is 22.3. The number of thiophene rings is 1. The number of phenolic OH excluding ortho intramolecular Hbond substituents is 1. The van der Waals surface area contributed by atoms with Crippen LogP contribution in [0.3, 0.4) is 0 Å². The molecular formula is C24H23N3O5S. The number of ether oxygens (including phenoxy) is 2. The number of nitrogens with zero attached hydrogens (tertiary/aromatic N) is 2. The van der Waals surface area contributed by atoms with E-state index in [9.17, 15) is 14.7 Å². The number of nitrogens with one attached hydrogen (secondary N) is 1. The van der Waals surface area contributed by atoms with Crippen molar-refractivity contribution in [1.29, 1.82) is 0 Å². The van der Waals surface area contributed by atoms with Gasteiger partial charge in [-0.2, -0.15) is 10.1 Å². The molecule has 1 atom stereocenters. The molecule has 2 heterocycles. The SMILES string of the molecule is CCC1OC(=O)N(Cc2ccc(NC(=O)c3cccs3)cc2)N=C1c1ccc(OC)c(O)c1. The lowest BCUT2D eigenvalue weighted by molar-refractivity contribution is 0.0712. The maximum Gasteiger partial charge on any atom is 0.431 e. The van der Waals surface area contributed by atoms with Crippen molar-refractivity contribution in [3.8, 4) is 11.5 Å². The number of amides is 2. The molecule has 2 amide bonds. The van der Waals surface area contributed by atoms with Crippen molar-refractivity contribution in [2.24, 2.45) is 5.10 Å². The normalized spacial score (nSPS) is 15.6. The van der Waals surface area contributed by atoms with Crippen LogP contribution in [0.5, 0.6) is 11.5 Å². The third-order valence-electron chi connectivity index (χ3n) is 5.12. The van der Waals surface area contributed by atoms with Crippen LogP contribution in [0.25, 0.3) is 0 Å². The quantitative estimate of drug-likeness (QED) is 0.520. The molecule has 0 saturated heterocycles. The Morgan fingerprint density at radius 3 is 2.67 bits per heavy atom. The summed E-state index contributed by atoms with van der Waals surface area (Å²) in [5.41, 5.74) is 2.66. The zero-order chi connectivity index (χ0) is 23.4. The van der Waals surface area contributed by atoms with Crippen LogP contribution in [0.1, 0.15) is 34.1 Å². The summed E-state index contributed by atoms with van der Waals surface area (Å²) in [6, 6.07) is 15.7. The summed E-state index contributed by atoms with van der Waals surface area (Å²) in [7, 11) is 1.48. The van der Waals surface area contributed by atoms with Gasteiger partial charge in [0.15, 0.2) is 11.5 Å². The average Bonchev–Trinajstić information content (AvgIpc) is 3.36. The van der Waals surface area contributed by atoms with E-state index < -0.39 is 12.2 Å². The standard InChI is InChI=1S/C24H23N3O5S/c1-3-19-22(16-8-11-20(31-2)18(28)13-16)26-27(24(30)32-19)14-15-6-9-17(10-7-15)25-23(29)21-5-4-12-33-21/h4-13,19,28H,3,14H2,1-2H3,(H,25,29). The monoisotopic (exact) mass is 465 g/mol. The maximum absolute atomic E-state index is 12.5. The van der Waals surface area contributed by atoms with Crippen LogP contribution in [0, 0.1) is 0 Å². The number of hydrogen-bond acceptors (Lipinski definition) is 7. The lowest BCUT2D eigenvalue weighted by Gasteiger charge is -2.29. The Morgan fingerprint density at radius 2 is 2.03 bits per heavy atom. The third-order valence-corrected chi connectivity index (χ3v) is 5.99. The largest absolute Gasteiger partial charge is 0.504 e.